The lowest BCUT2D eigenvalue weighted by molar-refractivity contribution is -0.133. The summed E-state index contributed by atoms with van der Waals surface area (Å²) in [7, 11) is 0. The van der Waals surface area contributed by atoms with Gasteiger partial charge in [0.1, 0.15) is 0 Å². The minimum atomic E-state index is -4.10. The van der Waals surface area contributed by atoms with E-state index in [4.69, 9.17) is 5.73 Å². The van der Waals surface area contributed by atoms with Gasteiger partial charge < -0.3 is 11.1 Å². The molecule has 0 aliphatic carbocycles. The number of nitrogens with zero attached hydrogens (tertiary/aromatic N) is 3. The monoisotopic (exact) mass is 237 g/mol. The van der Waals surface area contributed by atoms with Crippen molar-refractivity contribution in [3.05, 3.63) is 11.9 Å². The van der Waals surface area contributed by atoms with Gasteiger partial charge in [0, 0.05) is 25.8 Å². The highest BCUT2D eigenvalue weighted by Gasteiger charge is 2.25. The molecule has 0 saturated heterocycles. The Morgan fingerprint density at radius 1 is 1.38 bits per heavy atom. The third-order valence-electron chi connectivity index (χ3n) is 1.90. The maximum atomic E-state index is 11.8. The lowest BCUT2D eigenvalue weighted by atomic mass is 10.4. The third kappa shape index (κ3) is 5.08. The molecule has 0 spiro atoms. The third-order valence-corrected chi connectivity index (χ3v) is 1.90. The second-order valence-electron chi connectivity index (χ2n) is 3.29. The molecule has 92 valence electrons. The van der Waals surface area contributed by atoms with Gasteiger partial charge in [-0.05, 0) is 0 Å². The lowest BCUT2D eigenvalue weighted by Crippen LogP contribution is -2.25. The number of hydrogen-bond donors (Lipinski definition) is 2. The number of alkyl halides is 3. The van der Waals surface area contributed by atoms with E-state index in [1.165, 1.54) is 0 Å². The molecule has 1 heterocycles. The maximum Gasteiger partial charge on any atom is 0.390 e. The highest BCUT2D eigenvalue weighted by atomic mass is 19.4. The molecular weight excluding hydrogens is 223 g/mol. The first-order valence-corrected chi connectivity index (χ1v) is 4.88. The number of nitrogens with two attached hydrogens (primary N) is 1. The zero-order valence-electron chi connectivity index (χ0n) is 8.67. The van der Waals surface area contributed by atoms with Crippen LogP contribution in [0.3, 0.4) is 0 Å². The Hall–Kier alpha value is -1.15. The van der Waals surface area contributed by atoms with Gasteiger partial charge in [-0.3, -0.25) is 4.68 Å². The van der Waals surface area contributed by atoms with Crippen LogP contribution in [0.4, 0.5) is 13.2 Å². The van der Waals surface area contributed by atoms with Crippen molar-refractivity contribution in [3.63, 3.8) is 0 Å². The predicted octanol–water partition coefficient (Wildman–Crippen LogP) is 0.279. The van der Waals surface area contributed by atoms with Crippen molar-refractivity contribution in [3.8, 4) is 0 Å². The summed E-state index contributed by atoms with van der Waals surface area (Å²) in [6.07, 6.45) is -3.25. The lowest BCUT2D eigenvalue weighted by Gasteiger charge is -2.07. The minimum absolute atomic E-state index is 0.0814. The van der Waals surface area contributed by atoms with Crippen molar-refractivity contribution >= 4 is 0 Å². The van der Waals surface area contributed by atoms with Gasteiger partial charge in [0.05, 0.1) is 18.7 Å². The molecule has 5 nitrogen and oxygen atoms in total. The Morgan fingerprint density at radius 2 is 2.12 bits per heavy atom. The quantitative estimate of drug-likeness (QED) is 0.697. The van der Waals surface area contributed by atoms with E-state index in [0.717, 1.165) is 0 Å². The van der Waals surface area contributed by atoms with E-state index >= 15 is 0 Å². The molecular formula is C8H14F3N5. The molecule has 1 aromatic rings. The van der Waals surface area contributed by atoms with Crippen LogP contribution in [-0.2, 0) is 13.1 Å². The summed E-state index contributed by atoms with van der Waals surface area (Å²) < 4.78 is 36.9. The normalized spacial score (nSPS) is 12.0. The summed E-state index contributed by atoms with van der Waals surface area (Å²) >= 11 is 0. The van der Waals surface area contributed by atoms with Crippen molar-refractivity contribution < 1.29 is 13.2 Å². The van der Waals surface area contributed by atoms with Gasteiger partial charge in [-0.1, -0.05) is 5.21 Å². The summed E-state index contributed by atoms with van der Waals surface area (Å²) in [5.41, 5.74) is 5.99. The molecule has 0 radical (unpaired) electrons. The smallest absolute Gasteiger partial charge is 0.325 e. The molecule has 0 saturated carbocycles. The molecule has 3 N–H and O–H groups in total. The largest absolute Gasteiger partial charge is 0.390 e. The van der Waals surface area contributed by atoms with Crippen LogP contribution in [0.5, 0.6) is 0 Å². The van der Waals surface area contributed by atoms with E-state index in [1.54, 1.807) is 10.9 Å². The average molecular weight is 237 g/mol. The van der Waals surface area contributed by atoms with Gasteiger partial charge in [-0.25, -0.2) is 0 Å². The van der Waals surface area contributed by atoms with Gasteiger partial charge >= 0.3 is 6.18 Å². The average Bonchev–Trinajstić information content (AvgIpc) is 2.63. The van der Waals surface area contributed by atoms with Gasteiger partial charge in [0.2, 0.25) is 0 Å². The van der Waals surface area contributed by atoms with Crippen LogP contribution in [0.2, 0.25) is 0 Å². The van der Waals surface area contributed by atoms with Crippen LogP contribution < -0.4 is 11.1 Å². The summed E-state index contributed by atoms with van der Waals surface area (Å²) in [6, 6.07) is 0. The zero-order valence-corrected chi connectivity index (χ0v) is 8.67. The summed E-state index contributed by atoms with van der Waals surface area (Å²) in [6.45, 7) is 1.12. The first-order chi connectivity index (χ1) is 7.51. The van der Waals surface area contributed by atoms with Crippen molar-refractivity contribution in [2.45, 2.75) is 25.7 Å². The molecule has 8 heteroatoms. The molecule has 0 aliphatic rings. The highest BCUT2D eigenvalue weighted by Crippen LogP contribution is 2.17. The van der Waals surface area contributed by atoms with Gasteiger partial charge in [0.25, 0.3) is 0 Å². The van der Waals surface area contributed by atoms with Crippen LogP contribution in [0.15, 0.2) is 6.20 Å². The SMILES string of the molecule is NCc1cn(CCNCCC(F)(F)F)nn1. The second kappa shape index (κ2) is 5.80. The van der Waals surface area contributed by atoms with Crippen molar-refractivity contribution in [1.82, 2.24) is 20.3 Å². The Labute approximate surface area is 90.8 Å². The molecule has 1 rings (SSSR count). The van der Waals surface area contributed by atoms with Crippen LogP contribution in [0.1, 0.15) is 12.1 Å². The fourth-order valence-electron chi connectivity index (χ4n) is 1.09. The van der Waals surface area contributed by atoms with E-state index in [9.17, 15) is 13.2 Å². The van der Waals surface area contributed by atoms with Crippen LogP contribution >= 0.6 is 0 Å². The Bertz CT molecular complexity index is 309. The van der Waals surface area contributed by atoms with Gasteiger partial charge in [-0.2, -0.15) is 13.2 Å². The Morgan fingerprint density at radius 3 is 2.69 bits per heavy atom. The first kappa shape index (κ1) is 12.9. The minimum Gasteiger partial charge on any atom is -0.325 e. The number of hydrogen-bond acceptors (Lipinski definition) is 4. The molecule has 0 atom stereocenters. The number of halogens is 3. The predicted molar refractivity (Wildman–Crippen MR) is 51.5 cm³/mol. The van der Waals surface area contributed by atoms with Crippen LogP contribution in [-0.4, -0.2) is 34.3 Å². The fourth-order valence-corrected chi connectivity index (χ4v) is 1.09. The molecule has 0 aliphatic heterocycles. The number of rotatable bonds is 6. The summed E-state index contributed by atoms with van der Waals surface area (Å²) in [4.78, 5) is 0. The molecule has 0 unspecified atom stereocenters. The standard InChI is InChI=1S/C8H14F3N5/c9-8(10,11)1-2-13-3-4-16-6-7(5-12)14-15-16/h6,13H,1-5,12H2. The van der Waals surface area contributed by atoms with Crippen LogP contribution in [0.25, 0.3) is 0 Å². The van der Waals surface area contributed by atoms with E-state index in [-0.39, 0.29) is 6.54 Å². The fraction of sp³-hybridized carbons (Fsp3) is 0.750. The van der Waals surface area contributed by atoms with E-state index in [2.05, 4.69) is 15.6 Å². The second-order valence-corrected chi connectivity index (χ2v) is 3.29. The number of nitrogens with one attached hydrogen (secondary N) is 1. The van der Waals surface area contributed by atoms with E-state index in [1.807, 2.05) is 0 Å². The van der Waals surface area contributed by atoms with Crippen LogP contribution in [0, 0.1) is 0 Å². The Kier molecular flexibility index (Phi) is 4.69. The van der Waals surface area contributed by atoms with E-state index in [0.29, 0.717) is 25.3 Å². The van der Waals surface area contributed by atoms with Gasteiger partial charge in [-0.15, -0.1) is 5.10 Å². The summed E-state index contributed by atoms with van der Waals surface area (Å²) in [5.74, 6) is 0. The first-order valence-electron chi connectivity index (χ1n) is 4.88. The van der Waals surface area contributed by atoms with Crippen molar-refractivity contribution in [2.24, 2.45) is 5.73 Å². The molecule has 0 amide bonds. The highest BCUT2D eigenvalue weighted by molar-refractivity contribution is 4.90. The molecule has 0 fully saturated rings. The Balaban J connectivity index is 2.11. The topological polar surface area (TPSA) is 68.8 Å². The molecule has 1 aromatic heterocycles. The molecule has 16 heavy (non-hydrogen) atoms. The van der Waals surface area contributed by atoms with Gasteiger partial charge in [0.15, 0.2) is 0 Å². The maximum absolute atomic E-state index is 11.8. The molecule has 0 bridgehead atoms. The number of aromatic nitrogens is 3. The summed E-state index contributed by atoms with van der Waals surface area (Å²) in [5, 5.41) is 10.2. The van der Waals surface area contributed by atoms with E-state index < -0.39 is 12.6 Å². The van der Waals surface area contributed by atoms with Crippen molar-refractivity contribution in [2.75, 3.05) is 13.1 Å². The van der Waals surface area contributed by atoms with Crippen molar-refractivity contribution in [1.29, 1.82) is 0 Å². The molecule has 0 aromatic carbocycles. The zero-order chi connectivity index (χ0) is 12.0.